The fourth-order valence-electron chi connectivity index (χ4n) is 3.52. The van der Waals surface area contributed by atoms with Gasteiger partial charge in [0.25, 0.3) is 0 Å². The smallest absolute Gasteiger partial charge is 0.193 e. The molecule has 31 heavy (non-hydrogen) atoms. The minimum atomic E-state index is 0.637. The van der Waals surface area contributed by atoms with E-state index in [1.165, 1.54) is 5.56 Å². The zero-order valence-corrected chi connectivity index (χ0v) is 18.3. The molecule has 0 amide bonds. The van der Waals surface area contributed by atoms with E-state index >= 15 is 0 Å². The van der Waals surface area contributed by atoms with Crippen LogP contribution in [0.5, 0.6) is 11.5 Å². The molecule has 0 saturated heterocycles. The van der Waals surface area contributed by atoms with Crippen molar-refractivity contribution >= 4 is 5.69 Å². The average molecular weight is 417 g/mol. The normalized spacial score (nSPS) is 12.8. The molecular formula is C25H28N4O2. The molecule has 0 radical (unpaired) electrons. The van der Waals surface area contributed by atoms with Crippen molar-refractivity contribution in [1.82, 2.24) is 14.9 Å². The van der Waals surface area contributed by atoms with Gasteiger partial charge < -0.3 is 19.3 Å². The molecule has 3 aromatic rings. The average Bonchev–Trinajstić information content (AvgIpc) is 3.06. The van der Waals surface area contributed by atoms with Crippen LogP contribution in [0.3, 0.4) is 0 Å². The van der Waals surface area contributed by atoms with Gasteiger partial charge in [-0.05, 0) is 63.3 Å². The Hall–Kier alpha value is -3.38. The Kier molecular flexibility index (Phi) is 6.18. The van der Waals surface area contributed by atoms with Gasteiger partial charge in [-0.3, -0.25) is 0 Å². The number of benzene rings is 2. The lowest BCUT2D eigenvalue weighted by atomic mass is 10.1. The first-order valence-electron chi connectivity index (χ1n) is 10.4. The van der Waals surface area contributed by atoms with E-state index in [0.29, 0.717) is 30.6 Å². The second-order valence-corrected chi connectivity index (χ2v) is 8.00. The van der Waals surface area contributed by atoms with Crippen LogP contribution in [0.15, 0.2) is 67.3 Å². The predicted molar refractivity (Wildman–Crippen MR) is 123 cm³/mol. The first-order chi connectivity index (χ1) is 15.0. The third kappa shape index (κ3) is 5.03. The van der Waals surface area contributed by atoms with E-state index < -0.39 is 0 Å². The topological polar surface area (TPSA) is 50.7 Å². The highest BCUT2D eigenvalue weighted by Gasteiger charge is 2.25. The van der Waals surface area contributed by atoms with Crippen molar-refractivity contribution in [2.24, 2.45) is 0 Å². The number of hydrogen-bond donors (Lipinski definition) is 0. The lowest BCUT2D eigenvalue weighted by molar-refractivity contribution is 0.280. The van der Waals surface area contributed by atoms with Crippen molar-refractivity contribution in [1.29, 1.82) is 0 Å². The van der Waals surface area contributed by atoms with E-state index in [2.05, 4.69) is 65.6 Å². The fraction of sp³-hybridized carbons (Fsp3) is 0.280. The summed E-state index contributed by atoms with van der Waals surface area (Å²) in [4.78, 5) is 13.2. The van der Waals surface area contributed by atoms with E-state index in [4.69, 9.17) is 9.47 Å². The van der Waals surface area contributed by atoms with Crippen LogP contribution in [0.4, 0.5) is 5.69 Å². The predicted octanol–water partition coefficient (Wildman–Crippen LogP) is 4.65. The van der Waals surface area contributed by atoms with E-state index in [0.717, 1.165) is 35.5 Å². The van der Waals surface area contributed by atoms with Crippen molar-refractivity contribution in [3.8, 4) is 22.9 Å². The highest BCUT2D eigenvalue weighted by Crippen LogP contribution is 2.40. The van der Waals surface area contributed by atoms with Gasteiger partial charge in [-0.25, -0.2) is 9.97 Å². The van der Waals surface area contributed by atoms with Crippen LogP contribution in [0.2, 0.25) is 0 Å². The largest absolute Gasteiger partial charge is 0.490 e. The molecule has 0 fully saturated rings. The summed E-state index contributed by atoms with van der Waals surface area (Å²) in [6, 6.07) is 14.4. The van der Waals surface area contributed by atoms with Crippen molar-refractivity contribution in [2.45, 2.75) is 19.9 Å². The molecule has 6 nitrogen and oxygen atoms in total. The zero-order valence-electron chi connectivity index (χ0n) is 18.3. The molecule has 0 unspecified atom stereocenters. The Balaban J connectivity index is 1.44. The van der Waals surface area contributed by atoms with Crippen LogP contribution in [0.1, 0.15) is 17.5 Å². The summed E-state index contributed by atoms with van der Waals surface area (Å²) in [7, 11) is 4.11. The van der Waals surface area contributed by atoms with Crippen molar-refractivity contribution < 1.29 is 9.47 Å². The number of anilines is 1. The maximum atomic E-state index is 5.82. The van der Waals surface area contributed by atoms with Crippen molar-refractivity contribution in [3.63, 3.8) is 0 Å². The van der Waals surface area contributed by atoms with Crippen LogP contribution < -0.4 is 14.4 Å². The fourth-order valence-corrected chi connectivity index (χ4v) is 3.52. The maximum absolute atomic E-state index is 5.82. The summed E-state index contributed by atoms with van der Waals surface area (Å²) in [5, 5.41) is 0. The number of nitrogens with zero attached hydrogens (tertiary/aromatic N) is 4. The number of fused-ring (bicyclic) bond motifs is 1. The summed E-state index contributed by atoms with van der Waals surface area (Å²) in [5.74, 6) is 2.85. The molecule has 0 N–H and O–H groups in total. The van der Waals surface area contributed by atoms with Gasteiger partial charge in [-0.1, -0.05) is 24.3 Å². The van der Waals surface area contributed by atoms with Crippen molar-refractivity contribution in [3.05, 3.63) is 78.4 Å². The lowest BCUT2D eigenvalue weighted by Gasteiger charge is -2.18. The van der Waals surface area contributed by atoms with Gasteiger partial charge in [0.1, 0.15) is 0 Å². The molecule has 0 bridgehead atoms. The Bertz CT molecular complexity index is 1060. The Morgan fingerprint density at radius 2 is 1.90 bits per heavy atom. The molecule has 1 aliphatic rings. The second kappa shape index (κ2) is 9.18. The van der Waals surface area contributed by atoms with Gasteiger partial charge >= 0.3 is 0 Å². The third-order valence-electron chi connectivity index (χ3n) is 5.11. The monoisotopic (exact) mass is 416 g/mol. The number of hydrogen-bond acceptors (Lipinski definition) is 6. The van der Waals surface area contributed by atoms with E-state index in [1.807, 2.05) is 24.3 Å². The molecule has 2 heterocycles. The minimum absolute atomic E-state index is 0.637. The SMILES string of the molecule is C=C1Oc2ccc(C)cc2N1Cc1cccc(-c2ncc(OCCCN(C)C)cn2)c1. The summed E-state index contributed by atoms with van der Waals surface area (Å²) in [5.41, 5.74) is 4.33. The highest BCUT2D eigenvalue weighted by molar-refractivity contribution is 5.67. The first-order valence-corrected chi connectivity index (χ1v) is 10.4. The third-order valence-corrected chi connectivity index (χ3v) is 5.11. The minimum Gasteiger partial charge on any atom is -0.490 e. The van der Waals surface area contributed by atoms with Crippen LogP contribution in [-0.2, 0) is 6.54 Å². The van der Waals surface area contributed by atoms with Crippen LogP contribution in [-0.4, -0.2) is 42.1 Å². The van der Waals surface area contributed by atoms with Gasteiger partial charge in [0, 0.05) is 12.1 Å². The summed E-state index contributed by atoms with van der Waals surface area (Å²) in [6.45, 7) is 8.45. The lowest BCUT2D eigenvalue weighted by Crippen LogP contribution is -2.18. The quantitative estimate of drug-likeness (QED) is 0.498. The van der Waals surface area contributed by atoms with Crippen LogP contribution in [0, 0.1) is 6.92 Å². The molecule has 0 atom stereocenters. The van der Waals surface area contributed by atoms with E-state index in [1.54, 1.807) is 12.4 Å². The molecule has 0 spiro atoms. The van der Waals surface area contributed by atoms with Crippen LogP contribution >= 0.6 is 0 Å². The maximum Gasteiger partial charge on any atom is 0.193 e. The molecule has 160 valence electrons. The zero-order chi connectivity index (χ0) is 21.8. The molecule has 0 aliphatic carbocycles. The van der Waals surface area contributed by atoms with Gasteiger partial charge in [0.2, 0.25) is 0 Å². The molecule has 2 aromatic carbocycles. The molecule has 4 rings (SSSR count). The van der Waals surface area contributed by atoms with Gasteiger partial charge in [0.05, 0.1) is 31.2 Å². The standard InChI is InChI=1S/C25H28N4O2/c1-18-9-10-24-23(13-18)29(19(2)31-24)17-20-7-5-8-21(14-20)25-26-15-22(16-27-25)30-12-6-11-28(3)4/h5,7-10,13-16H,2,6,11-12,17H2,1,3-4H3. The Morgan fingerprint density at radius 3 is 2.68 bits per heavy atom. The molecule has 1 aromatic heterocycles. The highest BCUT2D eigenvalue weighted by atomic mass is 16.5. The van der Waals surface area contributed by atoms with E-state index in [-0.39, 0.29) is 0 Å². The number of rotatable bonds is 8. The second-order valence-electron chi connectivity index (χ2n) is 8.00. The number of aromatic nitrogens is 2. The Labute approximate surface area is 183 Å². The molecule has 1 aliphatic heterocycles. The number of aryl methyl sites for hydroxylation is 1. The summed E-state index contributed by atoms with van der Waals surface area (Å²) in [6.07, 6.45) is 4.44. The van der Waals surface area contributed by atoms with Crippen molar-refractivity contribution in [2.75, 3.05) is 32.1 Å². The van der Waals surface area contributed by atoms with Gasteiger partial charge in [0.15, 0.2) is 23.2 Å². The van der Waals surface area contributed by atoms with Crippen LogP contribution in [0.25, 0.3) is 11.4 Å². The number of ether oxygens (including phenoxy) is 2. The van der Waals surface area contributed by atoms with Gasteiger partial charge in [-0.15, -0.1) is 0 Å². The van der Waals surface area contributed by atoms with Gasteiger partial charge in [-0.2, -0.15) is 0 Å². The summed E-state index contributed by atoms with van der Waals surface area (Å²) >= 11 is 0. The first kappa shape index (κ1) is 20.9. The molecule has 6 heteroatoms. The molecule has 0 saturated carbocycles. The summed E-state index contributed by atoms with van der Waals surface area (Å²) < 4.78 is 11.6. The van der Waals surface area contributed by atoms with E-state index in [9.17, 15) is 0 Å². The Morgan fingerprint density at radius 1 is 1.10 bits per heavy atom. The molecular weight excluding hydrogens is 388 g/mol.